The van der Waals surface area contributed by atoms with Crippen LogP contribution in [0.3, 0.4) is 0 Å². The van der Waals surface area contributed by atoms with Crippen molar-refractivity contribution in [3.63, 3.8) is 0 Å². The molecule has 0 aliphatic heterocycles. The Hall–Kier alpha value is -0.197. The van der Waals surface area contributed by atoms with Crippen molar-refractivity contribution in [1.29, 1.82) is 0 Å². The summed E-state index contributed by atoms with van der Waals surface area (Å²) in [4.78, 5) is 0. The Morgan fingerprint density at radius 1 is 1.06 bits per heavy atom. The molecule has 0 heterocycles. The zero-order valence-corrected chi connectivity index (χ0v) is 12.0. The van der Waals surface area contributed by atoms with Gasteiger partial charge in [0.15, 0.2) is 0 Å². The topological polar surface area (TPSA) is 20.2 Å². The van der Waals surface area contributed by atoms with Crippen molar-refractivity contribution in [1.82, 2.24) is 0 Å². The molecule has 2 aliphatic rings. The predicted molar refractivity (Wildman–Crippen MR) is 63.5 cm³/mol. The normalized spacial score (nSPS) is 17.6. The molecule has 0 radical (unpaired) electrons. The Morgan fingerprint density at radius 3 is 2.00 bits per heavy atom. The Bertz CT molecular complexity index is 307. The molecule has 2 aliphatic carbocycles. The molecule has 0 unspecified atom stereocenters. The van der Waals surface area contributed by atoms with E-state index in [2.05, 4.69) is 36.5 Å². The molecule has 84 valence electrons. The van der Waals surface area contributed by atoms with Crippen molar-refractivity contribution in [2.24, 2.45) is 5.92 Å². The van der Waals surface area contributed by atoms with Gasteiger partial charge in [0.05, 0.1) is 0 Å². The van der Waals surface area contributed by atoms with Crippen LogP contribution in [0.25, 0.3) is 0 Å². The van der Waals surface area contributed by atoms with E-state index in [1.54, 1.807) is 0 Å². The van der Waals surface area contributed by atoms with Crippen molar-refractivity contribution >= 4 is 0 Å². The van der Waals surface area contributed by atoms with Gasteiger partial charge in [-0.25, -0.2) is 0 Å². The molecule has 0 fully saturated rings. The molecule has 0 aromatic heterocycles. The molecular weight excluding hydrogens is 275 g/mol. The maximum absolute atomic E-state index is 8.93. The minimum absolute atomic E-state index is 0. The maximum atomic E-state index is 8.93. The Labute approximate surface area is 117 Å². The van der Waals surface area contributed by atoms with E-state index in [-0.39, 0.29) is 26.2 Å². The summed E-state index contributed by atoms with van der Waals surface area (Å²) in [6.07, 6.45) is 17.4. The van der Waals surface area contributed by atoms with Crippen LogP contribution >= 0.6 is 0 Å². The van der Waals surface area contributed by atoms with Crippen LogP contribution < -0.4 is 0 Å². The summed E-state index contributed by atoms with van der Waals surface area (Å²) in [6, 6.07) is 0. The summed E-state index contributed by atoms with van der Waals surface area (Å²) in [5.74, 6) is 0.558. The van der Waals surface area contributed by atoms with Gasteiger partial charge in [0.1, 0.15) is 0 Å². The van der Waals surface area contributed by atoms with E-state index in [4.69, 9.17) is 5.11 Å². The first kappa shape index (κ1) is 13.9. The first-order valence-electron chi connectivity index (χ1n) is 5.74. The number of hydrogen-bond acceptors (Lipinski definition) is 1. The standard InChI is InChI=1S/C14H18O.Zr/c15-11-5-10-14(12-6-1-2-7-12)13-8-3-4-9-13;/h1-4,6,8,14-15H,5,7,9-11H2;. The van der Waals surface area contributed by atoms with Crippen LogP contribution in [0.4, 0.5) is 0 Å². The molecule has 0 aromatic rings. The van der Waals surface area contributed by atoms with Gasteiger partial charge in [-0.3, -0.25) is 0 Å². The fraction of sp³-hybridized carbons (Fsp3) is 0.429. The van der Waals surface area contributed by atoms with E-state index in [1.807, 2.05) is 0 Å². The Kier molecular flexibility index (Phi) is 6.23. The average molecular weight is 294 g/mol. The first-order valence-corrected chi connectivity index (χ1v) is 5.74. The van der Waals surface area contributed by atoms with Gasteiger partial charge in [-0.1, -0.05) is 47.6 Å². The van der Waals surface area contributed by atoms with E-state index in [9.17, 15) is 0 Å². The number of aliphatic hydroxyl groups excluding tert-OH is 1. The SMILES string of the molecule is OCCCC(C1=CC=CC1)C1=CC=CC1.[Zr]. The molecule has 16 heavy (non-hydrogen) atoms. The first-order chi connectivity index (χ1) is 7.42. The molecule has 0 atom stereocenters. The summed E-state index contributed by atoms with van der Waals surface area (Å²) in [6.45, 7) is 0.303. The third-order valence-corrected chi connectivity index (χ3v) is 3.15. The predicted octanol–water partition coefficient (Wildman–Crippen LogP) is 3.15. The van der Waals surface area contributed by atoms with E-state index in [0.717, 1.165) is 25.7 Å². The number of rotatable bonds is 5. The molecule has 0 aromatic carbocycles. The van der Waals surface area contributed by atoms with Crippen molar-refractivity contribution in [3.05, 3.63) is 47.6 Å². The zero-order chi connectivity index (χ0) is 10.5. The van der Waals surface area contributed by atoms with Crippen LogP contribution in [0.1, 0.15) is 25.7 Å². The van der Waals surface area contributed by atoms with Crippen molar-refractivity contribution in [3.8, 4) is 0 Å². The van der Waals surface area contributed by atoms with Crippen molar-refractivity contribution in [2.75, 3.05) is 6.61 Å². The van der Waals surface area contributed by atoms with Gasteiger partial charge in [0, 0.05) is 38.7 Å². The second-order valence-electron chi connectivity index (χ2n) is 4.17. The summed E-state index contributed by atoms with van der Waals surface area (Å²) >= 11 is 0. The van der Waals surface area contributed by atoms with Crippen LogP contribution in [0.5, 0.6) is 0 Å². The molecule has 1 N–H and O–H groups in total. The average Bonchev–Trinajstić information content (AvgIpc) is 2.90. The van der Waals surface area contributed by atoms with Crippen LogP contribution in [0, 0.1) is 5.92 Å². The van der Waals surface area contributed by atoms with E-state index < -0.39 is 0 Å². The van der Waals surface area contributed by atoms with Crippen LogP contribution in [-0.2, 0) is 26.2 Å². The van der Waals surface area contributed by atoms with Crippen molar-refractivity contribution < 1.29 is 31.3 Å². The van der Waals surface area contributed by atoms with E-state index in [1.165, 1.54) is 11.1 Å². The third-order valence-electron chi connectivity index (χ3n) is 3.15. The smallest absolute Gasteiger partial charge is 0.0431 e. The van der Waals surface area contributed by atoms with Crippen LogP contribution in [0.2, 0.25) is 0 Å². The number of aliphatic hydroxyl groups is 1. The number of hydrogen-bond donors (Lipinski definition) is 1. The summed E-state index contributed by atoms with van der Waals surface area (Å²) in [5.41, 5.74) is 3.02. The molecule has 0 spiro atoms. The summed E-state index contributed by atoms with van der Waals surface area (Å²) in [7, 11) is 0. The number of allylic oxidation sites excluding steroid dienone is 8. The van der Waals surface area contributed by atoms with Crippen LogP contribution in [0.15, 0.2) is 47.6 Å². The molecule has 2 rings (SSSR count). The van der Waals surface area contributed by atoms with Gasteiger partial charge in [-0.2, -0.15) is 0 Å². The maximum Gasteiger partial charge on any atom is 0.0431 e. The molecule has 0 bridgehead atoms. The Morgan fingerprint density at radius 2 is 1.62 bits per heavy atom. The molecular formula is C14H18OZr. The Balaban J connectivity index is 0.00000128. The van der Waals surface area contributed by atoms with Gasteiger partial charge in [0.25, 0.3) is 0 Å². The molecule has 0 saturated carbocycles. The quantitative estimate of drug-likeness (QED) is 0.825. The fourth-order valence-corrected chi connectivity index (χ4v) is 2.35. The summed E-state index contributed by atoms with van der Waals surface area (Å²) in [5, 5.41) is 8.93. The molecule has 0 saturated heterocycles. The van der Waals surface area contributed by atoms with Crippen molar-refractivity contribution in [2.45, 2.75) is 25.7 Å². The summed E-state index contributed by atoms with van der Waals surface area (Å²) < 4.78 is 0. The van der Waals surface area contributed by atoms with Gasteiger partial charge < -0.3 is 5.11 Å². The van der Waals surface area contributed by atoms with E-state index >= 15 is 0 Å². The van der Waals surface area contributed by atoms with Gasteiger partial charge in [0.2, 0.25) is 0 Å². The zero-order valence-electron chi connectivity index (χ0n) is 9.52. The second-order valence-corrected chi connectivity index (χ2v) is 4.17. The molecule has 0 amide bonds. The minimum atomic E-state index is 0. The molecule has 2 heteroatoms. The third kappa shape index (κ3) is 3.40. The second kappa shape index (κ2) is 7.19. The van der Waals surface area contributed by atoms with Crippen LogP contribution in [-0.4, -0.2) is 11.7 Å². The molecule has 1 nitrogen and oxygen atoms in total. The van der Waals surface area contributed by atoms with Gasteiger partial charge in [-0.15, -0.1) is 0 Å². The van der Waals surface area contributed by atoms with Gasteiger partial charge in [-0.05, 0) is 25.7 Å². The monoisotopic (exact) mass is 292 g/mol. The minimum Gasteiger partial charge on any atom is -0.396 e. The van der Waals surface area contributed by atoms with E-state index in [0.29, 0.717) is 12.5 Å². The van der Waals surface area contributed by atoms with Gasteiger partial charge >= 0.3 is 0 Å². The largest absolute Gasteiger partial charge is 0.396 e. The fourth-order valence-electron chi connectivity index (χ4n) is 2.35.